The number of carbonyl (C=O) groups excluding carboxylic acids is 2. The lowest BCUT2D eigenvalue weighted by molar-refractivity contribution is -0.114. The molecule has 2 amide bonds. The maximum Gasteiger partial charge on any atom is 0.253 e. The largest absolute Gasteiger partial charge is 0.491 e. The summed E-state index contributed by atoms with van der Waals surface area (Å²) in [6.07, 6.45) is 2.12. The number of hydrogen-bond donors (Lipinski definition) is 2. The van der Waals surface area contributed by atoms with E-state index in [2.05, 4.69) is 10.6 Å². The van der Waals surface area contributed by atoms with E-state index in [1.807, 2.05) is 23.1 Å². The Morgan fingerprint density at radius 2 is 1.76 bits per heavy atom. The number of nitrogens with one attached hydrogen (secondary N) is 2. The van der Waals surface area contributed by atoms with E-state index in [-0.39, 0.29) is 18.4 Å². The van der Waals surface area contributed by atoms with Gasteiger partial charge >= 0.3 is 0 Å². The van der Waals surface area contributed by atoms with Crippen molar-refractivity contribution in [2.75, 3.05) is 50.6 Å². The second-order valence-electron chi connectivity index (χ2n) is 6.85. The Kier molecular flexibility index (Phi) is 7.47. The monoisotopic (exact) mass is 397 g/mol. The van der Waals surface area contributed by atoms with Gasteiger partial charge in [-0.3, -0.25) is 9.59 Å². The van der Waals surface area contributed by atoms with Crippen molar-refractivity contribution in [2.24, 2.45) is 0 Å². The number of amides is 2. The summed E-state index contributed by atoms with van der Waals surface area (Å²) in [4.78, 5) is 26.6. The van der Waals surface area contributed by atoms with E-state index < -0.39 is 0 Å². The van der Waals surface area contributed by atoms with Gasteiger partial charge in [0.25, 0.3) is 5.91 Å². The first-order valence-corrected chi connectivity index (χ1v) is 9.80. The number of carbonyl (C=O) groups is 2. The predicted molar refractivity (Wildman–Crippen MR) is 113 cm³/mol. The molecule has 3 rings (SSSR count). The number of rotatable bonds is 9. The van der Waals surface area contributed by atoms with Crippen LogP contribution in [0.4, 0.5) is 11.4 Å². The van der Waals surface area contributed by atoms with Gasteiger partial charge in [-0.1, -0.05) is 6.07 Å². The van der Waals surface area contributed by atoms with Crippen LogP contribution < -0.4 is 15.4 Å². The molecule has 0 bridgehead atoms. The second kappa shape index (κ2) is 10.5. The van der Waals surface area contributed by atoms with E-state index in [1.165, 1.54) is 0 Å². The van der Waals surface area contributed by atoms with E-state index in [9.17, 15) is 9.59 Å². The van der Waals surface area contributed by atoms with Crippen molar-refractivity contribution in [3.8, 4) is 5.75 Å². The van der Waals surface area contributed by atoms with E-state index in [4.69, 9.17) is 9.47 Å². The van der Waals surface area contributed by atoms with E-state index in [1.54, 1.807) is 37.4 Å². The van der Waals surface area contributed by atoms with Crippen LogP contribution in [0.15, 0.2) is 48.5 Å². The fraction of sp³-hybridized carbons (Fsp3) is 0.364. The van der Waals surface area contributed by atoms with Gasteiger partial charge in [0.2, 0.25) is 5.91 Å². The van der Waals surface area contributed by atoms with Crippen LogP contribution in [0.2, 0.25) is 0 Å². The van der Waals surface area contributed by atoms with Crippen LogP contribution in [-0.4, -0.2) is 56.7 Å². The topological polar surface area (TPSA) is 79.9 Å². The highest BCUT2D eigenvalue weighted by molar-refractivity contribution is 5.96. The Bertz CT molecular complexity index is 817. The molecule has 1 aliphatic rings. The van der Waals surface area contributed by atoms with Crippen LogP contribution in [0.5, 0.6) is 5.75 Å². The number of likely N-dealkylation sites (tertiary alicyclic amines) is 1. The summed E-state index contributed by atoms with van der Waals surface area (Å²) >= 11 is 0. The number of anilines is 2. The lowest BCUT2D eigenvalue weighted by Crippen LogP contribution is -2.27. The van der Waals surface area contributed by atoms with Crippen molar-refractivity contribution >= 4 is 23.2 Å². The molecular formula is C22H27N3O4. The summed E-state index contributed by atoms with van der Waals surface area (Å²) in [5, 5.41) is 5.91. The standard InChI is InChI=1S/C22H27N3O4/c1-28-13-14-29-20-9-7-18(8-10-20)24-21(26)16-23-19-6-4-5-17(15-19)22(27)25-11-2-3-12-25/h4-10,15,23H,2-3,11-14,16H2,1H3,(H,24,26). The first kappa shape index (κ1) is 20.7. The molecule has 0 aromatic heterocycles. The van der Waals surface area contributed by atoms with Crippen LogP contribution in [0.3, 0.4) is 0 Å². The van der Waals surface area contributed by atoms with Gasteiger partial charge in [-0.2, -0.15) is 0 Å². The first-order valence-electron chi connectivity index (χ1n) is 9.80. The number of hydrogen-bond acceptors (Lipinski definition) is 5. The van der Waals surface area contributed by atoms with E-state index >= 15 is 0 Å². The minimum atomic E-state index is -0.172. The van der Waals surface area contributed by atoms with Gasteiger partial charge < -0.3 is 25.0 Å². The molecule has 2 N–H and O–H groups in total. The van der Waals surface area contributed by atoms with E-state index in [0.29, 0.717) is 24.5 Å². The summed E-state index contributed by atoms with van der Waals surface area (Å²) in [5.74, 6) is 0.593. The van der Waals surface area contributed by atoms with Crippen molar-refractivity contribution in [2.45, 2.75) is 12.8 Å². The molecule has 154 valence electrons. The van der Waals surface area contributed by atoms with Gasteiger partial charge in [0.1, 0.15) is 12.4 Å². The molecule has 0 saturated carbocycles. The Labute approximate surface area is 171 Å². The summed E-state index contributed by atoms with van der Waals surface area (Å²) in [6.45, 7) is 2.73. The summed E-state index contributed by atoms with van der Waals surface area (Å²) in [7, 11) is 1.62. The molecule has 0 spiro atoms. The number of methoxy groups -OCH3 is 1. The smallest absolute Gasteiger partial charge is 0.253 e. The van der Waals surface area contributed by atoms with Gasteiger partial charge in [0.05, 0.1) is 13.2 Å². The van der Waals surface area contributed by atoms with Crippen molar-refractivity contribution in [3.63, 3.8) is 0 Å². The SMILES string of the molecule is COCCOc1ccc(NC(=O)CNc2cccc(C(=O)N3CCCC3)c2)cc1. The predicted octanol–water partition coefficient (Wildman–Crippen LogP) is 3.00. The number of benzene rings is 2. The second-order valence-corrected chi connectivity index (χ2v) is 6.85. The zero-order valence-electron chi connectivity index (χ0n) is 16.6. The summed E-state index contributed by atoms with van der Waals surface area (Å²) in [5.41, 5.74) is 2.07. The number of nitrogens with zero attached hydrogens (tertiary/aromatic N) is 1. The van der Waals surface area contributed by atoms with Gasteiger partial charge in [0, 0.05) is 37.1 Å². The molecule has 7 heteroatoms. The molecule has 2 aromatic carbocycles. The molecule has 0 atom stereocenters. The van der Waals surface area contributed by atoms with Crippen LogP contribution >= 0.6 is 0 Å². The fourth-order valence-electron chi connectivity index (χ4n) is 3.13. The molecule has 2 aromatic rings. The molecule has 1 fully saturated rings. The molecule has 1 saturated heterocycles. The number of ether oxygens (including phenoxy) is 2. The first-order chi connectivity index (χ1) is 14.2. The minimum absolute atomic E-state index is 0.0448. The van der Waals surface area contributed by atoms with Crippen LogP contribution in [-0.2, 0) is 9.53 Å². The van der Waals surface area contributed by atoms with Gasteiger partial charge in [0.15, 0.2) is 0 Å². The average Bonchev–Trinajstić information content (AvgIpc) is 3.28. The summed E-state index contributed by atoms with van der Waals surface area (Å²) < 4.78 is 10.4. The highest BCUT2D eigenvalue weighted by Crippen LogP contribution is 2.17. The normalized spacial score (nSPS) is 13.2. The third kappa shape index (κ3) is 6.22. The molecule has 7 nitrogen and oxygen atoms in total. The van der Waals surface area contributed by atoms with Crippen molar-refractivity contribution in [1.82, 2.24) is 4.90 Å². The molecule has 0 radical (unpaired) electrons. The molecule has 1 aliphatic heterocycles. The Morgan fingerprint density at radius 1 is 1.00 bits per heavy atom. The molecular weight excluding hydrogens is 370 g/mol. The Morgan fingerprint density at radius 3 is 2.48 bits per heavy atom. The lowest BCUT2D eigenvalue weighted by Gasteiger charge is -2.16. The quantitative estimate of drug-likeness (QED) is 0.636. The zero-order chi connectivity index (χ0) is 20.5. The Balaban J connectivity index is 1.48. The lowest BCUT2D eigenvalue weighted by atomic mass is 10.1. The van der Waals surface area contributed by atoms with Gasteiger partial charge in [-0.05, 0) is 55.3 Å². The third-order valence-electron chi connectivity index (χ3n) is 4.65. The minimum Gasteiger partial charge on any atom is -0.491 e. The van der Waals surface area contributed by atoms with Gasteiger partial charge in [-0.25, -0.2) is 0 Å². The van der Waals surface area contributed by atoms with Crippen molar-refractivity contribution < 1.29 is 19.1 Å². The molecule has 0 aliphatic carbocycles. The highest BCUT2D eigenvalue weighted by Gasteiger charge is 2.19. The Hall–Kier alpha value is -3.06. The average molecular weight is 397 g/mol. The molecule has 1 heterocycles. The highest BCUT2D eigenvalue weighted by atomic mass is 16.5. The van der Waals surface area contributed by atoms with Gasteiger partial charge in [-0.15, -0.1) is 0 Å². The third-order valence-corrected chi connectivity index (χ3v) is 4.65. The maximum absolute atomic E-state index is 12.5. The zero-order valence-corrected chi connectivity index (χ0v) is 16.6. The molecule has 0 unspecified atom stereocenters. The maximum atomic E-state index is 12.5. The van der Waals surface area contributed by atoms with Crippen LogP contribution in [0.1, 0.15) is 23.2 Å². The molecule has 29 heavy (non-hydrogen) atoms. The van der Waals surface area contributed by atoms with Crippen LogP contribution in [0, 0.1) is 0 Å². The summed E-state index contributed by atoms with van der Waals surface area (Å²) in [6, 6.07) is 14.4. The van der Waals surface area contributed by atoms with E-state index in [0.717, 1.165) is 37.4 Å². The van der Waals surface area contributed by atoms with Crippen LogP contribution in [0.25, 0.3) is 0 Å². The van der Waals surface area contributed by atoms with Crippen molar-refractivity contribution in [3.05, 3.63) is 54.1 Å². The fourth-order valence-corrected chi connectivity index (χ4v) is 3.13. The van der Waals surface area contributed by atoms with Crippen molar-refractivity contribution in [1.29, 1.82) is 0 Å².